The van der Waals surface area contributed by atoms with Gasteiger partial charge in [0.05, 0.1) is 0 Å². The van der Waals surface area contributed by atoms with Gasteiger partial charge in [0.15, 0.2) is 6.10 Å². The Morgan fingerprint density at radius 1 is 0.842 bits per heavy atom. The third kappa shape index (κ3) is 9.68. The van der Waals surface area contributed by atoms with Crippen molar-refractivity contribution in [3.8, 4) is 0 Å². The van der Waals surface area contributed by atoms with Crippen LogP contribution in [-0.4, -0.2) is 36.2 Å². The zero-order valence-corrected chi connectivity index (χ0v) is 22.3. The molecule has 1 unspecified atom stereocenters. The van der Waals surface area contributed by atoms with E-state index in [1.54, 1.807) is 60.5 Å². The average Bonchev–Trinajstić information content (AvgIpc) is 2.97. The monoisotopic (exact) mass is 534 g/mol. The average molecular weight is 535 g/mol. The van der Waals surface area contributed by atoms with Crippen molar-refractivity contribution in [2.75, 3.05) is 12.3 Å². The van der Waals surface area contributed by atoms with Gasteiger partial charge in [0.25, 0.3) is 0 Å². The number of carbonyl (C=O) groups is 3. The maximum atomic E-state index is 13.4. The summed E-state index contributed by atoms with van der Waals surface area (Å²) in [7, 11) is 0. The fourth-order valence-electron chi connectivity index (χ4n) is 3.73. The van der Waals surface area contributed by atoms with Gasteiger partial charge in [0.2, 0.25) is 5.78 Å². The van der Waals surface area contributed by atoms with Gasteiger partial charge in [-0.1, -0.05) is 110 Å². The van der Waals surface area contributed by atoms with E-state index in [0.717, 1.165) is 24.3 Å². The number of unbranched alkanes of at least 4 members (excludes halogenated alkanes) is 1. The Morgan fingerprint density at radius 2 is 1.47 bits per heavy atom. The van der Waals surface area contributed by atoms with Gasteiger partial charge in [-0.15, -0.1) is 0 Å². The zero-order valence-electron chi connectivity index (χ0n) is 21.5. The molecule has 0 heterocycles. The highest BCUT2D eigenvalue weighted by Crippen LogP contribution is 2.24. The molecule has 0 aliphatic carbocycles. The second-order valence-electron chi connectivity index (χ2n) is 8.54. The van der Waals surface area contributed by atoms with E-state index in [2.05, 4.69) is 17.0 Å². The van der Waals surface area contributed by atoms with Crippen LogP contribution in [0.5, 0.6) is 0 Å². The molecule has 1 amide bonds. The van der Waals surface area contributed by atoms with Crippen molar-refractivity contribution in [1.82, 2.24) is 10.0 Å². The first-order valence-corrected chi connectivity index (χ1v) is 13.7. The number of hydrogen-bond donors (Lipinski definition) is 2. The number of ketones is 1. The summed E-state index contributed by atoms with van der Waals surface area (Å²) in [6, 6.07) is 25.9. The van der Waals surface area contributed by atoms with E-state index < -0.39 is 24.2 Å². The van der Waals surface area contributed by atoms with Crippen LogP contribution in [0.15, 0.2) is 91.0 Å². The molecule has 0 bridgehead atoms. The minimum Gasteiger partial charge on any atom is -0.447 e. The summed E-state index contributed by atoms with van der Waals surface area (Å²) in [5, 5.41) is 2.65. The highest BCUT2D eigenvalue weighted by Gasteiger charge is 2.30. The molecule has 0 fully saturated rings. The van der Waals surface area contributed by atoms with Crippen molar-refractivity contribution < 1.29 is 23.9 Å². The lowest BCUT2D eigenvalue weighted by Gasteiger charge is -2.22. The number of rotatable bonds is 15. The molecular formula is C30H34N2O5S. The number of amides is 1. The summed E-state index contributed by atoms with van der Waals surface area (Å²) < 4.78 is 14.4. The summed E-state index contributed by atoms with van der Waals surface area (Å²) in [4.78, 5) is 39.3. The van der Waals surface area contributed by atoms with Gasteiger partial charge < -0.3 is 14.8 Å². The third-order valence-electron chi connectivity index (χ3n) is 5.69. The molecule has 0 aliphatic heterocycles. The molecule has 3 aromatic carbocycles. The number of ether oxygens (including phenoxy) is 2. The van der Waals surface area contributed by atoms with Crippen molar-refractivity contribution in [2.24, 2.45) is 0 Å². The molecule has 2 N–H and O–H groups in total. The smallest absolute Gasteiger partial charge is 0.408 e. The maximum Gasteiger partial charge on any atom is 0.408 e. The molecule has 0 spiro atoms. The lowest BCUT2D eigenvalue weighted by molar-refractivity contribution is -0.150. The summed E-state index contributed by atoms with van der Waals surface area (Å²) in [5.74, 6) is -0.0629. The van der Waals surface area contributed by atoms with Crippen LogP contribution in [0.25, 0.3) is 0 Å². The fourth-order valence-corrected chi connectivity index (χ4v) is 4.22. The van der Waals surface area contributed by atoms with Crippen LogP contribution in [0, 0.1) is 0 Å². The molecule has 7 nitrogen and oxygen atoms in total. The fraction of sp³-hybridized carbons (Fsp3) is 0.300. The molecule has 0 saturated heterocycles. The minimum absolute atomic E-state index is 0.0751. The van der Waals surface area contributed by atoms with Crippen LogP contribution in [0.2, 0.25) is 0 Å². The van der Waals surface area contributed by atoms with Gasteiger partial charge in [0, 0.05) is 23.4 Å². The summed E-state index contributed by atoms with van der Waals surface area (Å²) in [5.41, 5.74) is 1.82. The predicted octanol–water partition coefficient (Wildman–Crippen LogP) is 5.88. The van der Waals surface area contributed by atoms with Crippen LogP contribution in [0.3, 0.4) is 0 Å². The van der Waals surface area contributed by atoms with Crippen LogP contribution in [0.1, 0.15) is 53.8 Å². The third-order valence-corrected chi connectivity index (χ3v) is 6.39. The normalized spacial score (nSPS) is 12.2. The second kappa shape index (κ2) is 16.3. The molecule has 3 rings (SSSR count). The largest absolute Gasteiger partial charge is 0.447 e. The van der Waals surface area contributed by atoms with Crippen LogP contribution in [-0.2, 0) is 20.9 Å². The first-order valence-electron chi connectivity index (χ1n) is 12.7. The van der Waals surface area contributed by atoms with E-state index in [0.29, 0.717) is 24.0 Å². The minimum atomic E-state index is -1.14. The van der Waals surface area contributed by atoms with E-state index in [1.807, 2.05) is 42.5 Å². The highest BCUT2D eigenvalue weighted by atomic mass is 32.2. The first kappa shape index (κ1) is 28.9. The highest BCUT2D eigenvalue weighted by molar-refractivity contribution is 7.97. The van der Waals surface area contributed by atoms with Crippen LogP contribution in [0.4, 0.5) is 4.79 Å². The molecule has 0 radical (unpaired) electrons. The number of hydrogen-bond acceptors (Lipinski definition) is 7. The topological polar surface area (TPSA) is 93.7 Å². The number of Topliss-reactive ketones (excluding diaryl/α,β-unsaturated/α-hetero) is 1. The first-order chi connectivity index (χ1) is 18.6. The lowest BCUT2D eigenvalue weighted by Crippen LogP contribution is -2.43. The molecule has 0 aromatic heterocycles. The Balaban J connectivity index is 1.70. The van der Waals surface area contributed by atoms with E-state index in [4.69, 9.17) is 9.47 Å². The number of esters is 1. The van der Waals surface area contributed by atoms with E-state index in [1.165, 1.54) is 0 Å². The Bertz CT molecular complexity index is 1130. The number of alkyl carbamates (subject to hydrolysis) is 1. The van der Waals surface area contributed by atoms with Crippen molar-refractivity contribution in [3.63, 3.8) is 0 Å². The molecule has 0 aliphatic rings. The SMILES string of the molecule is CCSNCCCC[C@H](NC(=O)OCc1ccccc1)C(=O)OC(C(=O)c1ccccc1)c1ccccc1. The maximum absolute atomic E-state index is 13.4. The molecular weight excluding hydrogens is 500 g/mol. The quantitative estimate of drug-likeness (QED) is 0.109. The van der Waals surface area contributed by atoms with Crippen LogP contribution < -0.4 is 10.0 Å². The Morgan fingerprint density at radius 3 is 2.13 bits per heavy atom. The van der Waals surface area contributed by atoms with Gasteiger partial charge in [0.1, 0.15) is 12.6 Å². The molecule has 2 atom stereocenters. The van der Waals surface area contributed by atoms with Gasteiger partial charge in [-0.3, -0.25) is 9.52 Å². The molecule has 8 heteroatoms. The van der Waals surface area contributed by atoms with Crippen LogP contribution >= 0.6 is 11.9 Å². The summed E-state index contributed by atoms with van der Waals surface area (Å²) in [6.07, 6.45) is -0.0422. The molecule has 3 aromatic rings. The molecule has 200 valence electrons. The summed E-state index contributed by atoms with van der Waals surface area (Å²) in [6.45, 7) is 2.91. The zero-order chi connectivity index (χ0) is 27.0. The van der Waals surface area contributed by atoms with Crippen molar-refractivity contribution in [2.45, 2.75) is 44.9 Å². The second-order valence-corrected chi connectivity index (χ2v) is 9.69. The number of nitrogens with one attached hydrogen (secondary N) is 2. The standard InChI is InChI=1S/C30H34N2O5S/c1-2-38-31-21-13-12-20-26(32-30(35)36-22-23-14-6-3-7-15-23)29(34)37-28(25-18-10-5-11-19-25)27(33)24-16-8-4-9-17-24/h3-11,14-19,26,28,31H,2,12-13,20-22H2,1H3,(H,32,35)/t26-,28?/m0/s1. The van der Waals surface area contributed by atoms with Gasteiger partial charge in [-0.2, -0.15) is 0 Å². The van der Waals surface area contributed by atoms with E-state index in [-0.39, 0.29) is 12.4 Å². The van der Waals surface area contributed by atoms with Gasteiger partial charge >= 0.3 is 12.1 Å². The van der Waals surface area contributed by atoms with Crippen molar-refractivity contribution in [3.05, 3.63) is 108 Å². The Kier molecular flexibility index (Phi) is 12.4. The lowest BCUT2D eigenvalue weighted by atomic mass is 9.99. The Hall–Kier alpha value is -3.62. The van der Waals surface area contributed by atoms with E-state index >= 15 is 0 Å². The molecule has 38 heavy (non-hydrogen) atoms. The summed E-state index contributed by atoms with van der Waals surface area (Å²) >= 11 is 1.63. The van der Waals surface area contributed by atoms with Gasteiger partial charge in [-0.05, 0) is 24.8 Å². The number of carbonyl (C=O) groups excluding carboxylic acids is 3. The van der Waals surface area contributed by atoms with Crippen molar-refractivity contribution >= 4 is 29.8 Å². The Labute approximate surface area is 228 Å². The predicted molar refractivity (Wildman–Crippen MR) is 150 cm³/mol. The van der Waals surface area contributed by atoms with E-state index in [9.17, 15) is 14.4 Å². The number of benzene rings is 3. The van der Waals surface area contributed by atoms with Gasteiger partial charge in [-0.25, -0.2) is 9.59 Å². The van der Waals surface area contributed by atoms with Crippen molar-refractivity contribution in [1.29, 1.82) is 0 Å². The molecule has 0 saturated carbocycles.